The van der Waals surface area contributed by atoms with Crippen LogP contribution in [-0.2, 0) is 28.3 Å². The lowest BCUT2D eigenvalue weighted by Crippen LogP contribution is -2.45. The summed E-state index contributed by atoms with van der Waals surface area (Å²) in [5, 5.41) is 22.6. The number of carbonyl (C=O) groups excluding carboxylic acids is 1. The highest BCUT2D eigenvalue weighted by Crippen LogP contribution is 2.48. The van der Waals surface area contributed by atoms with Gasteiger partial charge in [-0.05, 0) is 18.6 Å². The number of aromatic nitrogens is 2. The monoisotopic (exact) mass is 491 g/mol. The van der Waals surface area contributed by atoms with Gasteiger partial charge in [0.25, 0.3) is 11.2 Å². The maximum absolute atomic E-state index is 14.2. The van der Waals surface area contributed by atoms with Gasteiger partial charge in [0.15, 0.2) is 18.0 Å². The van der Waals surface area contributed by atoms with Crippen molar-refractivity contribution in [2.75, 3.05) is 6.67 Å². The van der Waals surface area contributed by atoms with E-state index in [1.54, 1.807) is 0 Å². The van der Waals surface area contributed by atoms with Crippen LogP contribution in [0.4, 0.5) is 18.9 Å². The molecule has 0 amide bonds. The first-order chi connectivity index (χ1) is 16.5. The van der Waals surface area contributed by atoms with Crippen LogP contribution < -0.4 is 10.3 Å². The summed E-state index contributed by atoms with van der Waals surface area (Å²) in [6.45, 7) is -1.61. The van der Waals surface area contributed by atoms with Crippen molar-refractivity contribution < 1.29 is 37.5 Å². The van der Waals surface area contributed by atoms with E-state index in [-0.39, 0.29) is 41.1 Å². The van der Waals surface area contributed by atoms with E-state index in [0.717, 1.165) is 4.57 Å². The molecule has 1 atom stereocenters. The summed E-state index contributed by atoms with van der Waals surface area (Å²) < 4.78 is 52.3. The van der Waals surface area contributed by atoms with Crippen molar-refractivity contribution in [3.8, 4) is 17.1 Å². The highest BCUT2D eigenvalue weighted by Gasteiger charge is 2.50. The maximum atomic E-state index is 14.2. The van der Waals surface area contributed by atoms with Gasteiger partial charge in [0, 0.05) is 23.1 Å². The summed E-state index contributed by atoms with van der Waals surface area (Å²) in [6.07, 6.45) is -4.69. The number of hydrogen-bond acceptors (Lipinski definition) is 8. The Morgan fingerprint density at radius 2 is 2.09 bits per heavy atom. The quantitative estimate of drug-likeness (QED) is 0.256. The van der Waals surface area contributed by atoms with Crippen LogP contribution in [0, 0.1) is 10.1 Å². The minimum absolute atomic E-state index is 0.0216. The number of rotatable bonds is 5. The zero-order chi connectivity index (χ0) is 25.3. The number of halogens is 3. The number of fused-ring (bicyclic) bond motifs is 5. The molecule has 0 aliphatic carbocycles. The van der Waals surface area contributed by atoms with E-state index in [4.69, 9.17) is 9.47 Å². The van der Waals surface area contributed by atoms with Crippen molar-refractivity contribution in [1.29, 1.82) is 0 Å². The lowest BCUT2D eigenvalue weighted by Gasteiger charge is -2.34. The second-order valence-electron chi connectivity index (χ2n) is 8.22. The highest BCUT2D eigenvalue weighted by atomic mass is 19.3. The lowest BCUT2D eigenvalue weighted by atomic mass is 9.85. The topological polar surface area (TPSA) is 134 Å². The summed E-state index contributed by atoms with van der Waals surface area (Å²) >= 11 is 0. The van der Waals surface area contributed by atoms with Crippen LogP contribution in [0.15, 0.2) is 29.1 Å². The number of cyclic esters (lactones) is 1. The summed E-state index contributed by atoms with van der Waals surface area (Å²) in [7, 11) is 0. The maximum Gasteiger partial charge on any atom is 0.427 e. The van der Waals surface area contributed by atoms with Gasteiger partial charge in [0.2, 0.25) is 0 Å². The average Bonchev–Trinajstić information content (AvgIpc) is 3.20. The van der Waals surface area contributed by atoms with Gasteiger partial charge in [0.05, 0.1) is 33.8 Å². The Kier molecular flexibility index (Phi) is 4.88. The highest BCUT2D eigenvalue weighted by molar-refractivity contribution is 5.89. The van der Waals surface area contributed by atoms with Crippen molar-refractivity contribution in [1.82, 2.24) is 9.55 Å². The molecule has 1 N–H and O–H groups in total. The number of aliphatic hydroxyl groups is 1. The molecular weight excluding hydrogens is 475 g/mol. The van der Waals surface area contributed by atoms with Crippen molar-refractivity contribution in [2.45, 2.75) is 38.2 Å². The van der Waals surface area contributed by atoms with Crippen LogP contribution in [0.5, 0.6) is 5.75 Å². The number of nitrogens with zero attached hydrogens (tertiary/aromatic N) is 3. The molecule has 10 nitrogen and oxygen atoms in total. The fourth-order valence-corrected chi connectivity index (χ4v) is 4.48. The number of pyridine rings is 2. The zero-order valence-electron chi connectivity index (χ0n) is 18.0. The minimum atomic E-state index is -4.34. The molecule has 1 aromatic carbocycles. The van der Waals surface area contributed by atoms with Crippen LogP contribution in [0.3, 0.4) is 0 Å². The number of non-ortho nitro benzene ring substituents is 1. The Bertz CT molecular complexity index is 1500. The molecule has 3 aromatic rings. The van der Waals surface area contributed by atoms with Gasteiger partial charge in [-0.15, -0.1) is 0 Å². The Labute approximate surface area is 193 Å². The molecule has 0 saturated heterocycles. The van der Waals surface area contributed by atoms with Gasteiger partial charge < -0.3 is 14.6 Å². The molecule has 5 rings (SSSR count). The average molecular weight is 491 g/mol. The lowest BCUT2D eigenvalue weighted by molar-refractivity contribution is -0.384. The van der Waals surface area contributed by atoms with E-state index in [9.17, 15) is 38.0 Å². The third-order valence-corrected chi connectivity index (χ3v) is 6.18. The van der Waals surface area contributed by atoms with Gasteiger partial charge in [0.1, 0.15) is 12.3 Å². The largest absolute Gasteiger partial charge is 0.458 e. The molecule has 13 heteroatoms. The van der Waals surface area contributed by atoms with E-state index < -0.39 is 52.8 Å². The van der Waals surface area contributed by atoms with Crippen molar-refractivity contribution in [2.24, 2.45) is 0 Å². The SMILES string of the molecule is CC[C@@]1(O)C(=O)OCc2c1c(OC(F)(F)CF)c1n(c2=O)Cc2cc3cc([N+](=O)[O-])ccc3nc2-1. The number of nitro groups is 1. The normalized spacial score (nSPS) is 18.6. The predicted molar refractivity (Wildman–Crippen MR) is 113 cm³/mol. The Morgan fingerprint density at radius 3 is 2.74 bits per heavy atom. The predicted octanol–water partition coefficient (Wildman–Crippen LogP) is 2.93. The summed E-state index contributed by atoms with van der Waals surface area (Å²) in [5.74, 6) is -1.92. The van der Waals surface area contributed by atoms with E-state index in [1.165, 1.54) is 31.2 Å². The first-order valence-electron chi connectivity index (χ1n) is 10.4. The standard InChI is InChI=1S/C22H16F3N3O7/c1-2-21(31)15-13(8-34-20(21)30)19(29)27-7-11-5-10-6-12(28(32)33)3-4-14(10)26-16(11)17(27)18(15)35-22(24,25)9-23/h3-6,31H,2,7-9H2,1H3/t21-/m0/s1. The van der Waals surface area contributed by atoms with Gasteiger partial charge in [-0.2, -0.15) is 8.78 Å². The van der Waals surface area contributed by atoms with Crippen molar-refractivity contribution >= 4 is 22.6 Å². The molecule has 4 heterocycles. The van der Waals surface area contributed by atoms with Gasteiger partial charge >= 0.3 is 12.1 Å². The molecule has 0 radical (unpaired) electrons. The third-order valence-electron chi connectivity index (χ3n) is 6.18. The molecule has 0 saturated carbocycles. The third kappa shape index (κ3) is 3.26. The van der Waals surface area contributed by atoms with Crippen LogP contribution in [-0.4, -0.2) is 38.3 Å². The molecule has 2 aromatic heterocycles. The molecule has 182 valence electrons. The number of hydrogen-bond donors (Lipinski definition) is 1. The smallest absolute Gasteiger partial charge is 0.427 e. The number of carbonyl (C=O) groups is 1. The Hall–Kier alpha value is -4.00. The number of ether oxygens (including phenoxy) is 2. The van der Waals surface area contributed by atoms with Crippen LogP contribution >= 0.6 is 0 Å². The molecule has 0 fully saturated rings. The van der Waals surface area contributed by atoms with Crippen molar-refractivity contribution in [3.63, 3.8) is 0 Å². The number of esters is 1. The van der Waals surface area contributed by atoms with E-state index in [2.05, 4.69) is 4.98 Å². The van der Waals surface area contributed by atoms with Gasteiger partial charge in [-0.3, -0.25) is 19.5 Å². The Morgan fingerprint density at radius 1 is 1.34 bits per heavy atom. The van der Waals surface area contributed by atoms with Crippen LogP contribution in [0.2, 0.25) is 0 Å². The minimum Gasteiger partial charge on any atom is -0.458 e. The van der Waals surface area contributed by atoms with Crippen LogP contribution in [0.25, 0.3) is 22.3 Å². The summed E-state index contributed by atoms with van der Waals surface area (Å²) in [5.41, 5.74) is -3.87. The van der Waals surface area contributed by atoms with E-state index >= 15 is 0 Å². The zero-order valence-corrected chi connectivity index (χ0v) is 18.0. The fourth-order valence-electron chi connectivity index (χ4n) is 4.48. The molecule has 0 bridgehead atoms. The second kappa shape index (κ2) is 7.50. The van der Waals surface area contributed by atoms with Crippen molar-refractivity contribution in [3.05, 3.63) is 61.4 Å². The molecule has 2 aliphatic heterocycles. The Balaban J connectivity index is 1.85. The summed E-state index contributed by atoms with van der Waals surface area (Å²) in [4.78, 5) is 40.7. The van der Waals surface area contributed by atoms with Gasteiger partial charge in [-0.25, -0.2) is 14.2 Å². The molecule has 35 heavy (non-hydrogen) atoms. The molecule has 0 unspecified atom stereocenters. The molecular formula is C22H16F3N3O7. The first kappa shape index (κ1) is 22.8. The number of benzene rings is 1. The van der Waals surface area contributed by atoms with E-state index in [0.29, 0.717) is 10.9 Å². The number of alkyl halides is 3. The van der Waals surface area contributed by atoms with Gasteiger partial charge in [-0.1, -0.05) is 6.92 Å². The first-order valence-corrected chi connectivity index (χ1v) is 10.4. The molecule has 0 spiro atoms. The second-order valence-corrected chi connectivity index (χ2v) is 8.22. The molecule has 2 aliphatic rings. The van der Waals surface area contributed by atoms with E-state index in [1.807, 2.05) is 0 Å². The van der Waals surface area contributed by atoms with Crippen LogP contribution in [0.1, 0.15) is 30.0 Å². The number of nitro benzene ring substituents is 1. The fraction of sp³-hybridized carbons (Fsp3) is 0.318. The summed E-state index contributed by atoms with van der Waals surface area (Å²) in [6, 6.07) is 5.34.